The van der Waals surface area contributed by atoms with Crippen LogP contribution in [-0.2, 0) is 7.05 Å². The Labute approximate surface area is 91.1 Å². The average molecular weight is 208 g/mol. The number of nitrogen functional groups attached to an aromatic ring is 1. The number of hydrogen-bond acceptors (Lipinski definition) is 3. The fraction of sp³-hybridized carbons (Fsp3) is 0.727. The molecule has 2 heterocycles. The molecule has 4 heteroatoms. The number of aromatic nitrogens is 2. The highest BCUT2D eigenvalue weighted by molar-refractivity contribution is 5.66. The van der Waals surface area contributed by atoms with Gasteiger partial charge in [0.1, 0.15) is 0 Å². The summed E-state index contributed by atoms with van der Waals surface area (Å²) in [4.78, 5) is 2.41. The molecule has 2 rings (SSSR count). The second-order valence-corrected chi connectivity index (χ2v) is 4.34. The fourth-order valence-corrected chi connectivity index (χ4v) is 2.54. The first-order chi connectivity index (χ1) is 7.15. The Morgan fingerprint density at radius 1 is 1.53 bits per heavy atom. The maximum atomic E-state index is 6.08. The van der Waals surface area contributed by atoms with Crippen LogP contribution in [0.4, 0.5) is 11.5 Å². The van der Waals surface area contributed by atoms with Gasteiger partial charge in [0.25, 0.3) is 0 Å². The Kier molecular flexibility index (Phi) is 2.59. The van der Waals surface area contributed by atoms with Gasteiger partial charge in [-0.05, 0) is 26.2 Å². The first-order valence-electron chi connectivity index (χ1n) is 5.70. The molecular weight excluding hydrogens is 188 g/mol. The zero-order chi connectivity index (χ0) is 11.0. The molecule has 0 radical (unpaired) electrons. The third kappa shape index (κ3) is 1.58. The molecule has 1 unspecified atom stereocenters. The largest absolute Gasteiger partial charge is 0.394 e. The first-order valence-corrected chi connectivity index (χ1v) is 5.70. The molecule has 0 saturated carbocycles. The zero-order valence-electron chi connectivity index (χ0n) is 9.82. The van der Waals surface area contributed by atoms with E-state index in [1.165, 1.54) is 19.3 Å². The van der Waals surface area contributed by atoms with Crippen LogP contribution >= 0.6 is 0 Å². The molecule has 1 aliphatic heterocycles. The van der Waals surface area contributed by atoms with E-state index in [4.69, 9.17) is 5.73 Å². The van der Waals surface area contributed by atoms with Gasteiger partial charge in [-0.2, -0.15) is 5.10 Å². The van der Waals surface area contributed by atoms with Crippen molar-refractivity contribution in [2.24, 2.45) is 7.05 Å². The van der Waals surface area contributed by atoms with Crippen LogP contribution in [0.5, 0.6) is 0 Å². The average Bonchev–Trinajstić information content (AvgIpc) is 2.73. The lowest BCUT2D eigenvalue weighted by molar-refractivity contribution is 0.621. The first kappa shape index (κ1) is 10.3. The minimum absolute atomic E-state index is 0.641. The maximum absolute atomic E-state index is 6.08. The molecule has 0 aliphatic carbocycles. The van der Waals surface area contributed by atoms with Gasteiger partial charge in [-0.1, -0.05) is 6.92 Å². The van der Waals surface area contributed by atoms with E-state index < -0.39 is 0 Å². The Hall–Kier alpha value is -1.19. The van der Waals surface area contributed by atoms with Gasteiger partial charge in [-0.3, -0.25) is 4.68 Å². The van der Waals surface area contributed by atoms with Gasteiger partial charge >= 0.3 is 0 Å². The van der Waals surface area contributed by atoms with E-state index in [1.807, 2.05) is 18.7 Å². The number of anilines is 2. The van der Waals surface area contributed by atoms with Crippen molar-refractivity contribution in [1.29, 1.82) is 0 Å². The van der Waals surface area contributed by atoms with E-state index in [9.17, 15) is 0 Å². The molecule has 4 nitrogen and oxygen atoms in total. The highest BCUT2D eigenvalue weighted by atomic mass is 15.4. The summed E-state index contributed by atoms with van der Waals surface area (Å²) < 4.78 is 1.92. The SMILES string of the molecule is CCC1CCCN1c1c(N)c(C)nn1C. The molecule has 1 fully saturated rings. The monoisotopic (exact) mass is 208 g/mol. The third-order valence-electron chi connectivity index (χ3n) is 3.36. The van der Waals surface area contributed by atoms with Crippen LogP contribution in [0.2, 0.25) is 0 Å². The van der Waals surface area contributed by atoms with Crippen molar-refractivity contribution in [2.75, 3.05) is 17.2 Å². The molecule has 1 atom stereocenters. The normalized spacial score (nSPS) is 21.3. The van der Waals surface area contributed by atoms with Crippen LogP contribution in [-0.4, -0.2) is 22.4 Å². The number of hydrogen-bond donors (Lipinski definition) is 1. The second kappa shape index (κ2) is 3.76. The van der Waals surface area contributed by atoms with Crippen molar-refractivity contribution in [2.45, 2.75) is 39.2 Å². The minimum atomic E-state index is 0.641. The van der Waals surface area contributed by atoms with Crippen LogP contribution < -0.4 is 10.6 Å². The lowest BCUT2D eigenvalue weighted by atomic mass is 10.2. The van der Waals surface area contributed by atoms with Crippen LogP contribution in [0.1, 0.15) is 31.9 Å². The fourth-order valence-electron chi connectivity index (χ4n) is 2.54. The van der Waals surface area contributed by atoms with Crippen molar-refractivity contribution in [3.8, 4) is 0 Å². The van der Waals surface area contributed by atoms with Crippen LogP contribution in [0.3, 0.4) is 0 Å². The summed E-state index contributed by atoms with van der Waals surface area (Å²) in [5.41, 5.74) is 7.86. The molecule has 84 valence electrons. The molecule has 1 saturated heterocycles. The summed E-state index contributed by atoms with van der Waals surface area (Å²) in [5, 5.41) is 4.37. The van der Waals surface area contributed by atoms with Crippen molar-refractivity contribution in [3.05, 3.63) is 5.69 Å². The van der Waals surface area contributed by atoms with Crippen molar-refractivity contribution < 1.29 is 0 Å². The van der Waals surface area contributed by atoms with E-state index in [1.54, 1.807) is 0 Å². The molecule has 1 aromatic heterocycles. The predicted molar refractivity (Wildman–Crippen MR) is 63.0 cm³/mol. The molecule has 0 bridgehead atoms. The summed E-state index contributed by atoms with van der Waals surface area (Å²) in [5.74, 6) is 1.11. The Morgan fingerprint density at radius 3 is 2.80 bits per heavy atom. The lowest BCUT2D eigenvalue weighted by Crippen LogP contribution is -2.30. The number of rotatable bonds is 2. The predicted octanol–water partition coefficient (Wildman–Crippen LogP) is 1.69. The van der Waals surface area contributed by atoms with Crippen molar-refractivity contribution >= 4 is 11.5 Å². The molecule has 0 spiro atoms. The maximum Gasteiger partial charge on any atom is 0.150 e. The summed E-state index contributed by atoms with van der Waals surface area (Å²) in [6.07, 6.45) is 3.73. The van der Waals surface area contributed by atoms with E-state index in [0.29, 0.717) is 6.04 Å². The topological polar surface area (TPSA) is 47.1 Å². The molecular formula is C11H20N4. The van der Waals surface area contributed by atoms with Crippen LogP contribution in [0.25, 0.3) is 0 Å². The minimum Gasteiger partial charge on any atom is -0.394 e. The number of aryl methyl sites for hydroxylation is 2. The summed E-state index contributed by atoms with van der Waals surface area (Å²) in [6, 6.07) is 0.641. The third-order valence-corrected chi connectivity index (χ3v) is 3.36. The van der Waals surface area contributed by atoms with Gasteiger partial charge in [-0.15, -0.1) is 0 Å². The smallest absolute Gasteiger partial charge is 0.150 e. The van der Waals surface area contributed by atoms with E-state index in [-0.39, 0.29) is 0 Å². The lowest BCUT2D eigenvalue weighted by Gasteiger charge is -2.26. The van der Waals surface area contributed by atoms with Crippen molar-refractivity contribution in [3.63, 3.8) is 0 Å². The Balaban J connectivity index is 2.36. The van der Waals surface area contributed by atoms with Gasteiger partial charge in [0.2, 0.25) is 0 Å². The van der Waals surface area contributed by atoms with Crippen LogP contribution in [0, 0.1) is 6.92 Å². The quantitative estimate of drug-likeness (QED) is 0.804. The van der Waals surface area contributed by atoms with Gasteiger partial charge in [0.05, 0.1) is 11.4 Å². The standard InChI is InChI=1S/C11H20N4/c1-4-9-6-5-7-15(9)11-10(12)8(2)13-14(11)3/h9H,4-7,12H2,1-3H3. The molecule has 1 aliphatic rings. The Bertz CT molecular complexity index is 356. The van der Waals surface area contributed by atoms with Crippen LogP contribution in [0.15, 0.2) is 0 Å². The van der Waals surface area contributed by atoms with Crippen molar-refractivity contribution in [1.82, 2.24) is 9.78 Å². The summed E-state index contributed by atoms with van der Waals surface area (Å²) in [7, 11) is 1.98. The number of nitrogens with two attached hydrogens (primary N) is 1. The van der Waals surface area contributed by atoms with Gasteiger partial charge in [0, 0.05) is 19.6 Å². The zero-order valence-corrected chi connectivity index (χ0v) is 9.82. The van der Waals surface area contributed by atoms with E-state index in [2.05, 4.69) is 16.9 Å². The highest BCUT2D eigenvalue weighted by Gasteiger charge is 2.27. The van der Waals surface area contributed by atoms with Gasteiger partial charge in [0.15, 0.2) is 5.82 Å². The molecule has 0 aromatic carbocycles. The highest BCUT2D eigenvalue weighted by Crippen LogP contribution is 2.32. The summed E-state index contributed by atoms with van der Waals surface area (Å²) >= 11 is 0. The second-order valence-electron chi connectivity index (χ2n) is 4.34. The van der Waals surface area contributed by atoms with Gasteiger partial charge < -0.3 is 10.6 Å². The number of nitrogens with zero attached hydrogens (tertiary/aromatic N) is 3. The Morgan fingerprint density at radius 2 is 2.27 bits per heavy atom. The molecule has 2 N–H and O–H groups in total. The summed E-state index contributed by atoms with van der Waals surface area (Å²) in [6.45, 7) is 5.32. The van der Waals surface area contributed by atoms with Gasteiger partial charge in [-0.25, -0.2) is 0 Å². The molecule has 1 aromatic rings. The molecule has 15 heavy (non-hydrogen) atoms. The van der Waals surface area contributed by atoms with E-state index in [0.717, 1.165) is 23.7 Å². The van der Waals surface area contributed by atoms with E-state index >= 15 is 0 Å². The molecule has 0 amide bonds.